The molecule has 1 aliphatic heterocycles. The summed E-state index contributed by atoms with van der Waals surface area (Å²) in [5.41, 5.74) is 2.39. The van der Waals surface area contributed by atoms with Crippen molar-refractivity contribution in [3.05, 3.63) is 77.4 Å². The molecule has 138 valence electrons. The van der Waals surface area contributed by atoms with Crippen LogP contribution in [0.25, 0.3) is 0 Å². The zero-order valence-corrected chi connectivity index (χ0v) is 15.3. The summed E-state index contributed by atoms with van der Waals surface area (Å²) in [6.45, 7) is 3.98. The molecular weight excluding hydrogens is 338 g/mol. The van der Waals surface area contributed by atoms with Gasteiger partial charge in [-0.25, -0.2) is 0 Å². The number of para-hydroxylation sites is 1. The number of nitrogens with zero attached hydrogens (tertiary/aromatic N) is 1. The summed E-state index contributed by atoms with van der Waals surface area (Å²) < 4.78 is 0. The summed E-state index contributed by atoms with van der Waals surface area (Å²) in [6, 6.07) is 12.9. The molecule has 0 saturated heterocycles. The fraction of sp³-hybridized carbons (Fsp3) is 0.304. The van der Waals surface area contributed by atoms with Crippen LogP contribution in [0.1, 0.15) is 46.3 Å². The lowest BCUT2D eigenvalue weighted by atomic mass is 9.85. The summed E-state index contributed by atoms with van der Waals surface area (Å²) in [6.07, 6.45) is 5.72. The molecule has 1 amide bonds. The largest absolute Gasteiger partial charge is 0.375 e. The van der Waals surface area contributed by atoms with Crippen LogP contribution in [0.2, 0.25) is 0 Å². The second-order valence-electron chi connectivity index (χ2n) is 7.37. The van der Waals surface area contributed by atoms with Crippen LogP contribution < -0.4 is 4.90 Å². The minimum Gasteiger partial charge on any atom is -0.375 e. The van der Waals surface area contributed by atoms with Gasteiger partial charge in [-0.2, -0.15) is 0 Å². The predicted molar refractivity (Wildman–Crippen MR) is 105 cm³/mol. The third kappa shape index (κ3) is 2.90. The summed E-state index contributed by atoms with van der Waals surface area (Å²) in [5, 5.41) is 11.2. The first-order valence-electron chi connectivity index (χ1n) is 9.44. The predicted octanol–water partition coefficient (Wildman–Crippen LogP) is 3.56. The average molecular weight is 361 g/mol. The van der Waals surface area contributed by atoms with Gasteiger partial charge in [-0.15, -0.1) is 6.58 Å². The highest BCUT2D eigenvalue weighted by Crippen LogP contribution is 2.42. The lowest BCUT2D eigenvalue weighted by Gasteiger charge is -2.22. The molecule has 1 aliphatic carbocycles. The van der Waals surface area contributed by atoms with Crippen LogP contribution in [-0.4, -0.2) is 23.3 Å². The number of fused-ring (bicyclic) bond motifs is 2. The van der Waals surface area contributed by atoms with Crippen molar-refractivity contribution in [3.8, 4) is 0 Å². The number of carbonyl (C=O) groups is 2. The van der Waals surface area contributed by atoms with Gasteiger partial charge in [0.15, 0.2) is 11.4 Å². The monoisotopic (exact) mass is 361 g/mol. The second kappa shape index (κ2) is 6.78. The maximum Gasteiger partial charge on any atom is 0.264 e. The lowest BCUT2D eigenvalue weighted by molar-refractivity contribution is -0.135. The molecule has 27 heavy (non-hydrogen) atoms. The van der Waals surface area contributed by atoms with Crippen molar-refractivity contribution in [1.82, 2.24) is 0 Å². The molecule has 4 nitrogen and oxygen atoms in total. The van der Waals surface area contributed by atoms with E-state index < -0.39 is 11.5 Å². The van der Waals surface area contributed by atoms with Crippen LogP contribution in [0.3, 0.4) is 0 Å². The van der Waals surface area contributed by atoms with E-state index >= 15 is 0 Å². The Bertz CT molecular complexity index is 933. The molecule has 0 spiro atoms. The standard InChI is InChI=1S/C23H23NO3/c1-2-13-24-20-10-6-5-9-19(20)23(27,22(24)26)15-21(25)18-12-11-16-7-3-4-8-17(16)14-18/h2,5-6,9-12,14,27H,1,3-4,7-8,13,15H2/t23-/m0/s1. The molecular formula is C23H23NO3. The third-order valence-electron chi connectivity index (χ3n) is 5.64. The van der Waals surface area contributed by atoms with Gasteiger partial charge in [0.2, 0.25) is 0 Å². The number of aryl methyl sites for hydroxylation is 2. The Labute approximate surface area is 159 Å². The number of aliphatic hydroxyl groups is 1. The first kappa shape index (κ1) is 17.7. The van der Waals surface area contributed by atoms with Gasteiger partial charge in [0.25, 0.3) is 5.91 Å². The smallest absolute Gasteiger partial charge is 0.264 e. The summed E-state index contributed by atoms with van der Waals surface area (Å²) >= 11 is 0. The molecule has 2 aromatic carbocycles. The van der Waals surface area contributed by atoms with E-state index in [1.165, 1.54) is 22.4 Å². The number of rotatable bonds is 5. The Kier molecular flexibility index (Phi) is 4.44. The van der Waals surface area contributed by atoms with Crippen LogP contribution in [0, 0.1) is 0 Å². The van der Waals surface area contributed by atoms with Crippen molar-refractivity contribution in [1.29, 1.82) is 0 Å². The van der Waals surface area contributed by atoms with Gasteiger partial charge < -0.3 is 10.0 Å². The van der Waals surface area contributed by atoms with Crippen LogP contribution >= 0.6 is 0 Å². The Morgan fingerprint density at radius 2 is 1.89 bits per heavy atom. The molecule has 1 N–H and O–H groups in total. The van der Waals surface area contributed by atoms with E-state index in [0.717, 1.165) is 19.3 Å². The fourth-order valence-electron chi connectivity index (χ4n) is 4.23. The zero-order chi connectivity index (χ0) is 19.0. The van der Waals surface area contributed by atoms with Gasteiger partial charge >= 0.3 is 0 Å². The number of benzene rings is 2. The quantitative estimate of drug-likeness (QED) is 0.654. The van der Waals surface area contributed by atoms with E-state index in [1.54, 1.807) is 24.3 Å². The van der Waals surface area contributed by atoms with Crippen LogP contribution in [0.4, 0.5) is 5.69 Å². The van der Waals surface area contributed by atoms with Gasteiger partial charge in [-0.3, -0.25) is 9.59 Å². The molecule has 2 aromatic rings. The number of ketones is 1. The number of carbonyl (C=O) groups excluding carboxylic acids is 2. The van der Waals surface area contributed by atoms with E-state index in [4.69, 9.17) is 0 Å². The molecule has 2 aliphatic rings. The number of amides is 1. The Morgan fingerprint density at radius 3 is 2.67 bits per heavy atom. The molecule has 0 bridgehead atoms. The summed E-state index contributed by atoms with van der Waals surface area (Å²) in [4.78, 5) is 27.4. The molecule has 4 heteroatoms. The molecule has 1 heterocycles. The Balaban J connectivity index is 1.66. The van der Waals surface area contributed by atoms with Crippen molar-refractivity contribution >= 4 is 17.4 Å². The van der Waals surface area contributed by atoms with E-state index in [1.807, 2.05) is 24.3 Å². The van der Waals surface area contributed by atoms with Gasteiger partial charge in [0, 0.05) is 17.7 Å². The summed E-state index contributed by atoms with van der Waals surface area (Å²) in [7, 11) is 0. The topological polar surface area (TPSA) is 57.6 Å². The van der Waals surface area contributed by atoms with Crippen molar-refractivity contribution < 1.29 is 14.7 Å². The molecule has 0 radical (unpaired) electrons. The van der Waals surface area contributed by atoms with Crippen LogP contribution in [0.15, 0.2) is 55.1 Å². The highest BCUT2D eigenvalue weighted by Gasteiger charge is 2.50. The summed E-state index contributed by atoms with van der Waals surface area (Å²) in [5.74, 6) is -0.676. The van der Waals surface area contributed by atoms with E-state index in [2.05, 4.69) is 6.58 Å². The number of anilines is 1. The van der Waals surface area contributed by atoms with E-state index in [-0.39, 0.29) is 12.2 Å². The molecule has 4 rings (SSSR count). The lowest BCUT2D eigenvalue weighted by Crippen LogP contribution is -2.41. The Morgan fingerprint density at radius 1 is 1.15 bits per heavy atom. The number of hydrogen-bond acceptors (Lipinski definition) is 3. The highest BCUT2D eigenvalue weighted by molar-refractivity contribution is 6.10. The molecule has 0 saturated carbocycles. The second-order valence-corrected chi connectivity index (χ2v) is 7.37. The molecule has 0 unspecified atom stereocenters. The van der Waals surface area contributed by atoms with E-state index in [0.29, 0.717) is 23.4 Å². The van der Waals surface area contributed by atoms with Gasteiger partial charge in [0.1, 0.15) is 0 Å². The Hall–Kier alpha value is -2.72. The number of hydrogen-bond donors (Lipinski definition) is 1. The fourth-order valence-corrected chi connectivity index (χ4v) is 4.23. The maximum absolute atomic E-state index is 13.0. The minimum atomic E-state index is -1.83. The normalized spacial score (nSPS) is 20.9. The van der Waals surface area contributed by atoms with Gasteiger partial charge in [0.05, 0.1) is 12.1 Å². The van der Waals surface area contributed by atoms with Crippen LogP contribution in [-0.2, 0) is 23.2 Å². The third-order valence-corrected chi connectivity index (χ3v) is 5.64. The van der Waals surface area contributed by atoms with Gasteiger partial charge in [-0.05, 0) is 48.9 Å². The van der Waals surface area contributed by atoms with Crippen molar-refractivity contribution in [2.24, 2.45) is 0 Å². The minimum absolute atomic E-state index is 0.213. The van der Waals surface area contributed by atoms with Crippen molar-refractivity contribution in [2.45, 2.75) is 37.7 Å². The zero-order valence-electron chi connectivity index (χ0n) is 15.3. The van der Waals surface area contributed by atoms with Gasteiger partial charge in [-0.1, -0.05) is 36.4 Å². The van der Waals surface area contributed by atoms with Crippen molar-refractivity contribution in [2.75, 3.05) is 11.4 Å². The maximum atomic E-state index is 13.0. The van der Waals surface area contributed by atoms with Crippen molar-refractivity contribution in [3.63, 3.8) is 0 Å². The molecule has 0 aromatic heterocycles. The van der Waals surface area contributed by atoms with E-state index in [9.17, 15) is 14.7 Å². The first-order valence-corrected chi connectivity index (χ1v) is 9.44. The number of Topliss-reactive ketones (excluding diaryl/α,β-unsaturated/α-hetero) is 1. The molecule has 0 fully saturated rings. The molecule has 1 atom stereocenters. The highest BCUT2D eigenvalue weighted by atomic mass is 16.3. The van der Waals surface area contributed by atoms with Crippen LogP contribution in [0.5, 0.6) is 0 Å². The first-order chi connectivity index (χ1) is 13.0. The average Bonchev–Trinajstić information content (AvgIpc) is 2.90. The SMILES string of the molecule is C=CCN1C(=O)[C@](O)(CC(=O)c2ccc3c(c2)CCCC3)c2ccccc21.